The molecule has 3 aromatic heterocycles. The van der Waals surface area contributed by atoms with E-state index in [1.807, 2.05) is 13.0 Å². The van der Waals surface area contributed by atoms with Crippen LogP contribution in [0.4, 0.5) is 10.2 Å². The molecule has 3 heterocycles. The summed E-state index contributed by atoms with van der Waals surface area (Å²) in [5.74, 6) is 0.00605. The lowest BCUT2D eigenvalue weighted by Gasteiger charge is -2.23. The second kappa shape index (κ2) is 8.05. The fourth-order valence-corrected chi connectivity index (χ4v) is 4.00. The van der Waals surface area contributed by atoms with Crippen LogP contribution in [0.1, 0.15) is 25.1 Å². The molecule has 0 radical (unpaired) electrons. The van der Waals surface area contributed by atoms with Crippen LogP contribution in [0.15, 0.2) is 66.0 Å². The zero-order valence-corrected chi connectivity index (χ0v) is 17.8. The molecule has 0 saturated carbocycles. The van der Waals surface area contributed by atoms with E-state index in [0.717, 1.165) is 0 Å². The summed E-state index contributed by atoms with van der Waals surface area (Å²) >= 11 is 6.06. The highest BCUT2D eigenvalue weighted by Crippen LogP contribution is 2.28. The van der Waals surface area contributed by atoms with Gasteiger partial charge in [-0.25, -0.2) is 19.3 Å². The number of H-pyrrole nitrogens is 1. The third-order valence-corrected chi connectivity index (χ3v) is 5.66. The van der Waals surface area contributed by atoms with Gasteiger partial charge in [0.2, 0.25) is 0 Å². The Labute approximate surface area is 186 Å². The molecule has 160 valence electrons. The number of aromatic amines is 1. The van der Waals surface area contributed by atoms with Gasteiger partial charge in [0.15, 0.2) is 11.5 Å². The monoisotopic (exact) mass is 448 g/mol. The van der Waals surface area contributed by atoms with E-state index in [9.17, 15) is 9.18 Å². The summed E-state index contributed by atoms with van der Waals surface area (Å²) in [5.41, 5.74) is 2.03. The number of nitrogens with zero attached hydrogens (tertiary/aromatic N) is 4. The number of benzene rings is 2. The molecule has 0 saturated heterocycles. The second-order valence-corrected chi connectivity index (χ2v) is 7.76. The highest BCUT2D eigenvalue weighted by Gasteiger charge is 2.21. The SMILES string of the molecule is CC[C@@H](Nc1ncnc2nc[nH]c12)c1cc2cccc(F)c2c(=O)n1-c1ccc(Cl)cc1. The van der Waals surface area contributed by atoms with Crippen LogP contribution in [0.5, 0.6) is 0 Å². The molecule has 9 heteroatoms. The molecule has 0 aliphatic heterocycles. The zero-order chi connectivity index (χ0) is 22.2. The third-order valence-electron chi connectivity index (χ3n) is 5.41. The van der Waals surface area contributed by atoms with Crippen LogP contribution in [0.3, 0.4) is 0 Å². The summed E-state index contributed by atoms with van der Waals surface area (Å²) in [6.45, 7) is 2.00. The van der Waals surface area contributed by atoms with Gasteiger partial charge in [0, 0.05) is 16.4 Å². The highest BCUT2D eigenvalue weighted by molar-refractivity contribution is 6.30. The Balaban J connectivity index is 1.74. The van der Waals surface area contributed by atoms with E-state index in [1.54, 1.807) is 42.7 Å². The molecule has 32 heavy (non-hydrogen) atoms. The first-order valence-corrected chi connectivity index (χ1v) is 10.5. The summed E-state index contributed by atoms with van der Waals surface area (Å²) in [4.78, 5) is 29.2. The summed E-state index contributed by atoms with van der Waals surface area (Å²) < 4.78 is 16.2. The largest absolute Gasteiger partial charge is 0.360 e. The number of nitrogens with one attached hydrogen (secondary N) is 2. The van der Waals surface area contributed by atoms with Crippen molar-refractivity contribution >= 4 is 39.4 Å². The molecule has 0 spiro atoms. The van der Waals surface area contributed by atoms with E-state index >= 15 is 0 Å². The summed E-state index contributed by atoms with van der Waals surface area (Å²) in [6, 6.07) is 13.0. The summed E-state index contributed by atoms with van der Waals surface area (Å²) in [7, 11) is 0. The van der Waals surface area contributed by atoms with Crippen molar-refractivity contribution in [1.29, 1.82) is 0 Å². The molecule has 1 atom stereocenters. The molecule has 7 nitrogen and oxygen atoms in total. The van der Waals surface area contributed by atoms with Crippen molar-refractivity contribution in [2.24, 2.45) is 0 Å². The van der Waals surface area contributed by atoms with Crippen molar-refractivity contribution in [2.75, 3.05) is 5.32 Å². The van der Waals surface area contributed by atoms with Crippen molar-refractivity contribution in [3.63, 3.8) is 0 Å². The van der Waals surface area contributed by atoms with E-state index < -0.39 is 11.4 Å². The zero-order valence-electron chi connectivity index (χ0n) is 17.0. The van der Waals surface area contributed by atoms with Gasteiger partial charge in [-0.2, -0.15) is 0 Å². The molecule has 0 aliphatic carbocycles. The van der Waals surface area contributed by atoms with E-state index in [1.165, 1.54) is 17.0 Å². The van der Waals surface area contributed by atoms with E-state index in [0.29, 0.717) is 45.2 Å². The van der Waals surface area contributed by atoms with Crippen molar-refractivity contribution < 1.29 is 4.39 Å². The first kappa shape index (κ1) is 20.1. The van der Waals surface area contributed by atoms with Crippen LogP contribution in [0, 0.1) is 5.82 Å². The smallest absolute Gasteiger partial charge is 0.266 e. The van der Waals surface area contributed by atoms with Crippen molar-refractivity contribution in [1.82, 2.24) is 24.5 Å². The number of rotatable bonds is 5. The van der Waals surface area contributed by atoms with Crippen LogP contribution < -0.4 is 10.9 Å². The Morgan fingerprint density at radius 1 is 1.16 bits per heavy atom. The minimum atomic E-state index is -0.558. The van der Waals surface area contributed by atoms with Gasteiger partial charge in [0.25, 0.3) is 5.56 Å². The molecule has 0 unspecified atom stereocenters. The molecule has 2 aromatic carbocycles. The molecular formula is C23H18ClFN6O. The Hall–Kier alpha value is -3.78. The maximum atomic E-state index is 14.6. The lowest BCUT2D eigenvalue weighted by atomic mass is 10.0. The highest BCUT2D eigenvalue weighted by atomic mass is 35.5. The number of imidazole rings is 1. The van der Waals surface area contributed by atoms with Crippen LogP contribution in [0.25, 0.3) is 27.6 Å². The number of aromatic nitrogens is 5. The van der Waals surface area contributed by atoms with Crippen molar-refractivity contribution in [3.8, 4) is 5.69 Å². The van der Waals surface area contributed by atoms with E-state index in [4.69, 9.17) is 11.6 Å². The Kier molecular flexibility index (Phi) is 5.07. The minimum Gasteiger partial charge on any atom is -0.360 e. The Morgan fingerprint density at radius 3 is 2.75 bits per heavy atom. The molecule has 0 bridgehead atoms. The van der Waals surface area contributed by atoms with E-state index in [2.05, 4.69) is 25.3 Å². The lowest BCUT2D eigenvalue weighted by molar-refractivity contribution is 0.635. The van der Waals surface area contributed by atoms with Crippen LogP contribution in [0.2, 0.25) is 5.02 Å². The van der Waals surface area contributed by atoms with Gasteiger partial charge in [-0.15, -0.1) is 0 Å². The molecule has 5 aromatic rings. The maximum Gasteiger partial charge on any atom is 0.266 e. The number of anilines is 1. The summed E-state index contributed by atoms with van der Waals surface area (Å²) in [6.07, 6.45) is 3.61. The van der Waals surface area contributed by atoms with Crippen molar-refractivity contribution in [2.45, 2.75) is 19.4 Å². The molecular weight excluding hydrogens is 431 g/mol. The van der Waals surface area contributed by atoms with Crippen LogP contribution >= 0.6 is 11.6 Å². The third kappa shape index (κ3) is 3.38. The number of hydrogen-bond acceptors (Lipinski definition) is 5. The Morgan fingerprint density at radius 2 is 1.97 bits per heavy atom. The number of pyridine rings is 1. The molecule has 2 N–H and O–H groups in total. The van der Waals surface area contributed by atoms with Gasteiger partial charge < -0.3 is 10.3 Å². The van der Waals surface area contributed by atoms with Crippen LogP contribution in [-0.2, 0) is 0 Å². The van der Waals surface area contributed by atoms with Crippen LogP contribution in [-0.4, -0.2) is 24.5 Å². The van der Waals surface area contributed by atoms with Gasteiger partial charge in [-0.1, -0.05) is 30.7 Å². The number of fused-ring (bicyclic) bond motifs is 2. The molecule has 0 fully saturated rings. The maximum absolute atomic E-state index is 14.6. The van der Waals surface area contributed by atoms with E-state index in [-0.39, 0.29) is 11.4 Å². The predicted octanol–water partition coefficient (Wildman–Crippen LogP) is 5.01. The fourth-order valence-electron chi connectivity index (χ4n) is 3.88. The van der Waals surface area contributed by atoms with Crippen molar-refractivity contribution in [3.05, 3.63) is 88.1 Å². The average molecular weight is 449 g/mol. The average Bonchev–Trinajstić information content (AvgIpc) is 3.28. The number of halogens is 2. The van der Waals surface area contributed by atoms with Gasteiger partial charge >= 0.3 is 0 Å². The molecule has 0 aliphatic rings. The van der Waals surface area contributed by atoms with Gasteiger partial charge in [-0.05, 0) is 48.2 Å². The number of hydrogen-bond donors (Lipinski definition) is 2. The molecule has 0 amide bonds. The second-order valence-electron chi connectivity index (χ2n) is 7.32. The topological polar surface area (TPSA) is 88.5 Å². The normalized spacial score (nSPS) is 12.3. The predicted molar refractivity (Wildman–Crippen MR) is 123 cm³/mol. The minimum absolute atomic E-state index is 0.0408. The molecule has 5 rings (SSSR count). The first-order valence-electron chi connectivity index (χ1n) is 10.1. The summed E-state index contributed by atoms with van der Waals surface area (Å²) in [5, 5.41) is 4.52. The van der Waals surface area contributed by atoms with Gasteiger partial charge in [0.05, 0.1) is 17.8 Å². The lowest BCUT2D eigenvalue weighted by Crippen LogP contribution is -2.27. The first-order chi connectivity index (χ1) is 15.6. The quantitative estimate of drug-likeness (QED) is 0.394. The van der Waals surface area contributed by atoms with Gasteiger partial charge in [-0.3, -0.25) is 9.36 Å². The standard InChI is InChI=1S/C23H18ClFN6O/c1-2-17(30-22-20-21(27-11-26-20)28-12-29-22)18-10-13-4-3-5-16(25)19(13)23(32)31(18)15-8-6-14(24)7-9-15/h3-12,17H,2H2,1H3,(H2,26,27,28,29,30)/t17-/m1/s1. The van der Waals surface area contributed by atoms with Gasteiger partial charge in [0.1, 0.15) is 17.7 Å². The Bertz CT molecular complexity index is 1490. The fraction of sp³-hybridized carbons (Fsp3) is 0.130.